The normalized spacial score (nSPS) is 28.7. The van der Waals surface area contributed by atoms with Crippen molar-refractivity contribution in [3.63, 3.8) is 0 Å². The van der Waals surface area contributed by atoms with Gasteiger partial charge in [-0.25, -0.2) is 8.42 Å². The van der Waals surface area contributed by atoms with Crippen LogP contribution in [0.25, 0.3) is 0 Å². The molecule has 0 unspecified atom stereocenters. The zero-order valence-corrected chi connectivity index (χ0v) is 12.4. The summed E-state index contributed by atoms with van der Waals surface area (Å²) in [6, 6.07) is 7.39. The largest absolute Gasteiger partial charge is 0.342 e. The lowest BCUT2D eigenvalue weighted by Crippen LogP contribution is -2.36. The first-order chi connectivity index (χ1) is 8.94. The highest BCUT2D eigenvalue weighted by Crippen LogP contribution is 2.38. The number of amidine groups is 1. The van der Waals surface area contributed by atoms with Crippen LogP contribution < -0.4 is 0 Å². The van der Waals surface area contributed by atoms with Gasteiger partial charge in [0.1, 0.15) is 0 Å². The molecule has 0 amide bonds. The maximum absolute atomic E-state index is 11.7. The molecule has 2 aliphatic heterocycles. The third-order valence-electron chi connectivity index (χ3n) is 3.46. The zero-order chi connectivity index (χ0) is 13.6. The number of nitrogens with one attached hydrogen (secondary N) is 1. The number of nitrogens with zero attached hydrogens (tertiary/aromatic N) is 1. The average Bonchev–Trinajstić information content (AvgIpc) is 2.75. The van der Waals surface area contributed by atoms with E-state index in [2.05, 4.69) is 0 Å². The molecule has 1 aromatic rings. The van der Waals surface area contributed by atoms with Crippen LogP contribution in [0.5, 0.6) is 0 Å². The Morgan fingerprint density at radius 3 is 2.68 bits per heavy atom. The lowest BCUT2D eigenvalue weighted by Gasteiger charge is -2.23. The molecule has 4 nitrogen and oxygen atoms in total. The van der Waals surface area contributed by atoms with Crippen LogP contribution in [-0.4, -0.2) is 41.3 Å². The number of hydrogen-bond donors (Lipinski definition) is 1. The second kappa shape index (κ2) is 4.68. The van der Waals surface area contributed by atoms with E-state index in [4.69, 9.17) is 17.0 Å². The highest BCUT2D eigenvalue weighted by molar-refractivity contribution is 8.15. The van der Waals surface area contributed by atoms with Crippen molar-refractivity contribution < 1.29 is 8.42 Å². The van der Waals surface area contributed by atoms with Gasteiger partial charge in [-0.05, 0) is 17.7 Å². The molecule has 0 spiro atoms. The molecule has 1 aromatic carbocycles. The summed E-state index contributed by atoms with van der Waals surface area (Å²) in [4.78, 5) is 1.89. The minimum absolute atomic E-state index is 0.0183. The van der Waals surface area contributed by atoms with Crippen LogP contribution >= 0.6 is 23.4 Å². The molecule has 102 valence electrons. The monoisotopic (exact) mass is 316 g/mol. The van der Waals surface area contributed by atoms with E-state index in [0.717, 1.165) is 5.56 Å². The smallest absolute Gasteiger partial charge is 0.157 e. The quantitative estimate of drug-likeness (QED) is 0.906. The van der Waals surface area contributed by atoms with Gasteiger partial charge >= 0.3 is 0 Å². The van der Waals surface area contributed by atoms with Crippen LogP contribution in [0, 0.1) is 5.41 Å². The molecule has 2 saturated heterocycles. The van der Waals surface area contributed by atoms with Crippen molar-refractivity contribution in [2.24, 2.45) is 0 Å². The van der Waals surface area contributed by atoms with E-state index in [1.807, 2.05) is 29.2 Å². The third-order valence-corrected chi connectivity index (χ3v) is 6.88. The van der Waals surface area contributed by atoms with Crippen molar-refractivity contribution in [1.29, 1.82) is 5.41 Å². The summed E-state index contributed by atoms with van der Waals surface area (Å²) >= 11 is 7.22. The Morgan fingerprint density at radius 1 is 1.32 bits per heavy atom. The lowest BCUT2D eigenvalue weighted by molar-refractivity contribution is 0.349. The standard InChI is InChI=1S/C12H13ClN2O2S2/c13-9-3-1-8(2-4-9)5-15-10-6-19(16,17)7-11(10)18-12(15)14/h1-4,10-11,14H,5-7H2/t10-,11-/m0/s1. The van der Waals surface area contributed by atoms with E-state index >= 15 is 0 Å². The third kappa shape index (κ3) is 2.61. The minimum Gasteiger partial charge on any atom is -0.342 e. The number of hydrogen-bond acceptors (Lipinski definition) is 4. The van der Waals surface area contributed by atoms with E-state index in [9.17, 15) is 8.42 Å². The van der Waals surface area contributed by atoms with Crippen LogP contribution in [-0.2, 0) is 16.4 Å². The highest BCUT2D eigenvalue weighted by Gasteiger charge is 2.47. The van der Waals surface area contributed by atoms with Crippen LogP contribution in [0.1, 0.15) is 5.56 Å². The molecule has 0 aliphatic carbocycles. The molecule has 1 N–H and O–H groups in total. The highest BCUT2D eigenvalue weighted by atomic mass is 35.5. The number of thioether (sulfide) groups is 1. The summed E-state index contributed by atoms with van der Waals surface area (Å²) in [5.41, 5.74) is 1.04. The predicted octanol–water partition coefficient (Wildman–Crippen LogP) is 1.99. The summed E-state index contributed by atoms with van der Waals surface area (Å²) < 4.78 is 23.3. The summed E-state index contributed by atoms with van der Waals surface area (Å²) in [6.45, 7) is 0.569. The van der Waals surface area contributed by atoms with E-state index < -0.39 is 9.84 Å². The van der Waals surface area contributed by atoms with Crippen molar-refractivity contribution in [3.05, 3.63) is 34.9 Å². The fourth-order valence-electron chi connectivity index (χ4n) is 2.54. The molecule has 0 saturated carbocycles. The molecule has 0 bridgehead atoms. The van der Waals surface area contributed by atoms with Crippen molar-refractivity contribution in [2.75, 3.05) is 11.5 Å². The Bertz CT molecular complexity index is 615. The Kier molecular flexibility index (Phi) is 3.27. The maximum atomic E-state index is 11.7. The molecule has 19 heavy (non-hydrogen) atoms. The molecule has 2 aliphatic rings. The molecular formula is C12H13ClN2O2S2. The van der Waals surface area contributed by atoms with Gasteiger partial charge in [-0.1, -0.05) is 35.5 Å². The van der Waals surface area contributed by atoms with Crippen LogP contribution in [0.3, 0.4) is 0 Å². The molecule has 2 atom stereocenters. The Balaban J connectivity index is 1.80. The fourth-order valence-corrected chi connectivity index (χ4v) is 6.49. The molecule has 2 fully saturated rings. The second-order valence-corrected chi connectivity index (χ2v) is 8.68. The first-order valence-electron chi connectivity index (χ1n) is 5.91. The molecule has 0 aromatic heterocycles. The van der Waals surface area contributed by atoms with Gasteiger partial charge in [-0.3, -0.25) is 5.41 Å². The molecule has 0 radical (unpaired) electrons. The van der Waals surface area contributed by atoms with Crippen molar-refractivity contribution >= 4 is 38.4 Å². The van der Waals surface area contributed by atoms with Gasteiger partial charge < -0.3 is 4.90 Å². The van der Waals surface area contributed by atoms with Crippen LogP contribution in [0.15, 0.2) is 24.3 Å². The fraction of sp³-hybridized carbons (Fsp3) is 0.417. The van der Waals surface area contributed by atoms with E-state index in [0.29, 0.717) is 16.7 Å². The molecule has 2 heterocycles. The maximum Gasteiger partial charge on any atom is 0.157 e. The van der Waals surface area contributed by atoms with Gasteiger partial charge in [0, 0.05) is 16.8 Å². The summed E-state index contributed by atoms with van der Waals surface area (Å²) in [7, 11) is -2.94. The zero-order valence-electron chi connectivity index (χ0n) is 10.0. The number of benzene rings is 1. The van der Waals surface area contributed by atoms with E-state index in [-0.39, 0.29) is 22.8 Å². The first kappa shape index (κ1) is 13.3. The number of halogens is 1. The number of sulfone groups is 1. The summed E-state index contributed by atoms with van der Waals surface area (Å²) in [6.07, 6.45) is 0. The number of rotatable bonds is 2. The topological polar surface area (TPSA) is 61.2 Å². The first-order valence-corrected chi connectivity index (χ1v) is 8.99. The molecular weight excluding hydrogens is 304 g/mol. The Morgan fingerprint density at radius 2 is 2.00 bits per heavy atom. The molecule has 3 rings (SSSR count). The van der Waals surface area contributed by atoms with Crippen molar-refractivity contribution in [1.82, 2.24) is 4.90 Å². The Hall–Kier alpha value is -0.720. The van der Waals surface area contributed by atoms with Crippen molar-refractivity contribution in [2.45, 2.75) is 17.8 Å². The predicted molar refractivity (Wildman–Crippen MR) is 78.5 cm³/mol. The van der Waals surface area contributed by atoms with E-state index in [1.54, 1.807) is 0 Å². The average molecular weight is 317 g/mol. The van der Waals surface area contributed by atoms with Crippen LogP contribution in [0.4, 0.5) is 0 Å². The van der Waals surface area contributed by atoms with E-state index in [1.165, 1.54) is 11.8 Å². The number of fused-ring (bicyclic) bond motifs is 1. The van der Waals surface area contributed by atoms with Crippen LogP contribution in [0.2, 0.25) is 5.02 Å². The molecule has 7 heteroatoms. The van der Waals surface area contributed by atoms with Gasteiger partial charge in [0.05, 0.1) is 17.5 Å². The van der Waals surface area contributed by atoms with Gasteiger partial charge in [-0.15, -0.1) is 0 Å². The van der Waals surface area contributed by atoms with Gasteiger partial charge in [0.25, 0.3) is 0 Å². The van der Waals surface area contributed by atoms with Gasteiger partial charge in [0.2, 0.25) is 0 Å². The van der Waals surface area contributed by atoms with Crippen molar-refractivity contribution in [3.8, 4) is 0 Å². The van der Waals surface area contributed by atoms with Gasteiger partial charge in [-0.2, -0.15) is 0 Å². The summed E-state index contributed by atoms with van der Waals surface area (Å²) in [5, 5.41) is 9.16. The Labute approximate surface area is 121 Å². The van der Waals surface area contributed by atoms with Gasteiger partial charge in [0.15, 0.2) is 15.0 Å². The SMILES string of the molecule is N=C1S[C@H]2CS(=O)(=O)C[C@@H]2N1Cc1ccc(Cl)cc1. The second-order valence-electron chi connectivity index (χ2n) is 4.86. The summed E-state index contributed by atoms with van der Waals surface area (Å²) in [5.74, 6) is 0.364. The minimum atomic E-state index is -2.94. The lowest BCUT2D eigenvalue weighted by atomic mass is 10.1.